The number of hydrogen-bond donors (Lipinski definition) is 1. The Hall–Kier alpha value is -1.75. The molecule has 1 heterocycles. The van der Waals surface area contributed by atoms with E-state index in [9.17, 15) is 8.42 Å². The molecule has 0 unspecified atom stereocenters. The fourth-order valence-electron chi connectivity index (χ4n) is 1.55. The van der Waals surface area contributed by atoms with E-state index in [0.717, 1.165) is 5.56 Å². The first-order valence-corrected chi connectivity index (χ1v) is 7.88. The summed E-state index contributed by atoms with van der Waals surface area (Å²) in [6.07, 6.45) is 2.79. The molecule has 0 saturated heterocycles. The van der Waals surface area contributed by atoms with Crippen molar-refractivity contribution in [1.29, 1.82) is 5.26 Å². The zero-order valence-electron chi connectivity index (χ0n) is 10.2. The molecule has 1 aromatic carbocycles. The lowest BCUT2D eigenvalue weighted by atomic mass is 10.1. The van der Waals surface area contributed by atoms with Crippen molar-refractivity contribution in [2.75, 3.05) is 0 Å². The van der Waals surface area contributed by atoms with Crippen LogP contribution in [-0.2, 0) is 16.6 Å². The van der Waals surface area contributed by atoms with Crippen LogP contribution in [0.4, 0.5) is 0 Å². The van der Waals surface area contributed by atoms with Crippen molar-refractivity contribution in [2.45, 2.75) is 11.4 Å². The molecule has 1 aromatic heterocycles. The Morgan fingerprint density at radius 2 is 2.10 bits per heavy atom. The maximum atomic E-state index is 12.1. The van der Waals surface area contributed by atoms with Gasteiger partial charge >= 0.3 is 0 Å². The van der Waals surface area contributed by atoms with Crippen LogP contribution in [0, 0.1) is 11.3 Å². The van der Waals surface area contributed by atoms with E-state index in [0.29, 0.717) is 10.0 Å². The highest BCUT2D eigenvalue weighted by atomic mass is 79.9. The highest BCUT2D eigenvalue weighted by molar-refractivity contribution is 9.10. The molecule has 7 heteroatoms. The Morgan fingerprint density at radius 1 is 1.30 bits per heavy atom. The van der Waals surface area contributed by atoms with Crippen molar-refractivity contribution in [3.8, 4) is 6.07 Å². The van der Waals surface area contributed by atoms with Crippen LogP contribution in [-0.4, -0.2) is 13.4 Å². The van der Waals surface area contributed by atoms with Crippen LogP contribution in [0.5, 0.6) is 0 Å². The third kappa shape index (κ3) is 3.63. The summed E-state index contributed by atoms with van der Waals surface area (Å²) in [6.45, 7) is 0.115. The SMILES string of the molecule is N#Cc1cccc(CNS(=O)(=O)c2cncc(Br)c2)c1. The molecule has 0 atom stereocenters. The number of nitrogens with one attached hydrogen (secondary N) is 1. The lowest BCUT2D eigenvalue weighted by molar-refractivity contribution is 0.581. The summed E-state index contributed by atoms with van der Waals surface area (Å²) in [4.78, 5) is 3.91. The Kier molecular flexibility index (Phi) is 4.49. The Bertz CT molecular complexity index is 769. The first-order valence-electron chi connectivity index (χ1n) is 5.60. The number of sulfonamides is 1. The molecule has 2 rings (SSSR count). The van der Waals surface area contributed by atoms with Crippen molar-refractivity contribution >= 4 is 26.0 Å². The van der Waals surface area contributed by atoms with E-state index >= 15 is 0 Å². The predicted octanol–water partition coefficient (Wildman–Crippen LogP) is 2.19. The van der Waals surface area contributed by atoms with E-state index in [1.807, 2.05) is 6.07 Å². The second-order valence-electron chi connectivity index (χ2n) is 3.98. The van der Waals surface area contributed by atoms with E-state index in [1.54, 1.807) is 24.3 Å². The lowest BCUT2D eigenvalue weighted by Crippen LogP contribution is -2.23. The Labute approximate surface area is 125 Å². The summed E-state index contributed by atoms with van der Waals surface area (Å²) in [5.41, 5.74) is 1.21. The van der Waals surface area contributed by atoms with Crippen LogP contribution in [0.2, 0.25) is 0 Å². The quantitative estimate of drug-likeness (QED) is 0.914. The number of hydrogen-bond acceptors (Lipinski definition) is 4. The van der Waals surface area contributed by atoms with Crippen LogP contribution in [0.1, 0.15) is 11.1 Å². The number of pyridine rings is 1. The van der Waals surface area contributed by atoms with E-state index < -0.39 is 10.0 Å². The molecule has 0 amide bonds. The number of nitriles is 1. The van der Waals surface area contributed by atoms with Crippen LogP contribution in [0.15, 0.2) is 52.1 Å². The number of benzene rings is 1. The van der Waals surface area contributed by atoms with E-state index in [-0.39, 0.29) is 11.4 Å². The maximum absolute atomic E-state index is 12.1. The molecule has 0 aliphatic carbocycles. The van der Waals surface area contributed by atoms with Crippen LogP contribution >= 0.6 is 15.9 Å². The summed E-state index contributed by atoms with van der Waals surface area (Å²) in [5, 5.41) is 8.80. The fraction of sp³-hybridized carbons (Fsp3) is 0.0769. The van der Waals surface area contributed by atoms with Gasteiger partial charge < -0.3 is 0 Å². The van der Waals surface area contributed by atoms with Gasteiger partial charge in [0.1, 0.15) is 4.90 Å². The van der Waals surface area contributed by atoms with Gasteiger partial charge in [0.2, 0.25) is 10.0 Å². The maximum Gasteiger partial charge on any atom is 0.242 e. The van der Waals surface area contributed by atoms with Gasteiger partial charge in [0.05, 0.1) is 11.6 Å². The first-order chi connectivity index (χ1) is 9.51. The molecule has 1 N–H and O–H groups in total. The second-order valence-corrected chi connectivity index (χ2v) is 6.66. The molecule has 0 spiro atoms. The van der Waals surface area contributed by atoms with Gasteiger partial charge in [-0.1, -0.05) is 12.1 Å². The van der Waals surface area contributed by atoms with Crippen molar-refractivity contribution in [1.82, 2.24) is 9.71 Å². The summed E-state index contributed by atoms with van der Waals surface area (Å²) < 4.78 is 27.2. The molecule has 0 bridgehead atoms. The topological polar surface area (TPSA) is 82.9 Å². The average Bonchev–Trinajstić information content (AvgIpc) is 2.45. The summed E-state index contributed by atoms with van der Waals surface area (Å²) in [7, 11) is -3.63. The molecule has 0 aliphatic rings. The number of rotatable bonds is 4. The van der Waals surface area contributed by atoms with Gasteiger partial charge in [-0.3, -0.25) is 4.98 Å². The van der Waals surface area contributed by atoms with Gasteiger partial charge in [-0.15, -0.1) is 0 Å². The van der Waals surface area contributed by atoms with Crippen LogP contribution in [0.3, 0.4) is 0 Å². The molecular formula is C13H10BrN3O2S. The van der Waals surface area contributed by atoms with Crippen molar-refractivity contribution < 1.29 is 8.42 Å². The molecule has 0 radical (unpaired) electrons. The van der Waals surface area contributed by atoms with Gasteiger partial charge in [-0.2, -0.15) is 5.26 Å². The molecule has 102 valence electrons. The van der Waals surface area contributed by atoms with Gasteiger partial charge in [0.15, 0.2) is 0 Å². The lowest BCUT2D eigenvalue weighted by Gasteiger charge is -2.07. The molecule has 2 aromatic rings. The van der Waals surface area contributed by atoms with E-state index in [4.69, 9.17) is 5.26 Å². The smallest absolute Gasteiger partial charge is 0.242 e. The van der Waals surface area contributed by atoms with Gasteiger partial charge in [0.25, 0.3) is 0 Å². The summed E-state index contributed by atoms with van der Waals surface area (Å²) in [5.74, 6) is 0. The third-order valence-electron chi connectivity index (χ3n) is 2.51. The molecule has 0 aliphatic heterocycles. The Morgan fingerprint density at radius 3 is 2.80 bits per heavy atom. The average molecular weight is 352 g/mol. The zero-order valence-corrected chi connectivity index (χ0v) is 12.6. The largest absolute Gasteiger partial charge is 0.262 e. The van der Waals surface area contributed by atoms with Crippen molar-refractivity contribution in [3.63, 3.8) is 0 Å². The molecule has 20 heavy (non-hydrogen) atoms. The van der Waals surface area contributed by atoms with Gasteiger partial charge in [-0.25, -0.2) is 13.1 Å². The minimum atomic E-state index is -3.63. The van der Waals surface area contributed by atoms with Crippen molar-refractivity contribution in [3.05, 3.63) is 58.3 Å². The molecule has 0 fully saturated rings. The Balaban J connectivity index is 2.15. The minimum Gasteiger partial charge on any atom is -0.262 e. The zero-order chi connectivity index (χ0) is 14.6. The standard InChI is InChI=1S/C13H10BrN3O2S/c14-12-5-13(9-16-8-12)20(18,19)17-7-11-3-1-2-10(4-11)6-15/h1-5,8-9,17H,7H2. The molecular weight excluding hydrogens is 342 g/mol. The van der Waals surface area contributed by atoms with Crippen LogP contribution in [0.25, 0.3) is 0 Å². The first kappa shape index (κ1) is 14.7. The number of aromatic nitrogens is 1. The number of halogens is 1. The van der Waals surface area contributed by atoms with E-state index in [2.05, 4.69) is 25.6 Å². The molecule has 5 nitrogen and oxygen atoms in total. The molecule has 0 saturated carbocycles. The normalized spacial score (nSPS) is 11.0. The predicted molar refractivity (Wildman–Crippen MR) is 77.1 cm³/mol. The minimum absolute atomic E-state index is 0.0864. The van der Waals surface area contributed by atoms with Gasteiger partial charge in [0, 0.05) is 23.4 Å². The van der Waals surface area contributed by atoms with Crippen LogP contribution < -0.4 is 4.72 Å². The highest BCUT2D eigenvalue weighted by Gasteiger charge is 2.14. The summed E-state index contributed by atoms with van der Waals surface area (Å²) in [6, 6.07) is 10.3. The third-order valence-corrected chi connectivity index (χ3v) is 4.31. The number of nitrogens with zero attached hydrogens (tertiary/aromatic N) is 2. The second kappa shape index (κ2) is 6.13. The summed E-state index contributed by atoms with van der Waals surface area (Å²) >= 11 is 3.18. The monoisotopic (exact) mass is 351 g/mol. The van der Waals surface area contributed by atoms with Gasteiger partial charge in [-0.05, 0) is 39.7 Å². The van der Waals surface area contributed by atoms with Crippen molar-refractivity contribution in [2.24, 2.45) is 0 Å². The van der Waals surface area contributed by atoms with E-state index in [1.165, 1.54) is 18.5 Å². The highest BCUT2D eigenvalue weighted by Crippen LogP contribution is 2.14. The fourth-order valence-corrected chi connectivity index (χ4v) is 3.07.